The second-order valence-electron chi connectivity index (χ2n) is 18.7. The van der Waals surface area contributed by atoms with E-state index in [0.29, 0.717) is 47.0 Å². The van der Waals surface area contributed by atoms with Gasteiger partial charge in [0, 0.05) is 114 Å². The van der Waals surface area contributed by atoms with Gasteiger partial charge in [-0.15, -0.1) is 0 Å². The van der Waals surface area contributed by atoms with Crippen LogP contribution in [0.3, 0.4) is 0 Å². The normalized spacial score (nSPS) is 15.0. The van der Waals surface area contributed by atoms with Crippen molar-refractivity contribution in [2.75, 3.05) is 139 Å². The van der Waals surface area contributed by atoms with Crippen molar-refractivity contribution >= 4 is 54.5 Å². The summed E-state index contributed by atoms with van der Waals surface area (Å²) in [6, 6.07) is 31.0. The van der Waals surface area contributed by atoms with Gasteiger partial charge in [0.1, 0.15) is 0 Å². The molecule has 404 valence electrons. The third-order valence-electron chi connectivity index (χ3n) is 13.3. The highest BCUT2D eigenvalue weighted by atomic mass is 32.2. The maximum Gasteiger partial charge on any atom is 0.278 e. The predicted molar refractivity (Wildman–Crippen MR) is 299 cm³/mol. The molecule has 22 heteroatoms. The summed E-state index contributed by atoms with van der Waals surface area (Å²) in [6.07, 6.45) is 2.94. The minimum atomic E-state index is -3.45. The lowest BCUT2D eigenvalue weighted by Crippen LogP contribution is -2.54. The average Bonchev–Trinajstić information content (AvgIpc) is 3.43. The number of amides is 2. The molecule has 6 aromatic rings. The van der Waals surface area contributed by atoms with Gasteiger partial charge in [0.2, 0.25) is 0 Å². The third kappa shape index (κ3) is 15.9. The van der Waals surface area contributed by atoms with Crippen LogP contribution in [0.4, 0.5) is 23.0 Å². The number of likely N-dealkylation sites (N-methyl/N-ethyl adjacent to an activating group) is 1. The summed E-state index contributed by atoms with van der Waals surface area (Å²) < 4.78 is 52.0. The summed E-state index contributed by atoms with van der Waals surface area (Å²) in [5.41, 5.74) is 15.2. The Morgan fingerprint density at radius 2 is 0.908 bits per heavy atom. The Morgan fingerprint density at radius 3 is 1.28 bits per heavy atom. The number of hydrazine groups is 1. The average molecular weight is 1080 g/mol. The lowest BCUT2D eigenvalue weighted by atomic mass is 10.1. The lowest BCUT2D eigenvalue weighted by molar-refractivity contribution is -0.0493. The van der Waals surface area contributed by atoms with Gasteiger partial charge in [-0.2, -0.15) is 0 Å². The van der Waals surface area contributed by atoms with Crippen molar-refractivity contribution in [2.45, 2.75) is 23.6 Å². The Kier molecular flexibility index (Phi) is 20.1. The number of hydrogen-bond donors (Lipinski definition) is 4. The number of nitrogens with one attached hydrogen (secondary N) is 2. The van der Waals surface area contributed by atoms with Gasteiger partial charge in [-0.25, -0.2) is 46.8 Å². The first-order chi connectivity index (χ1) is 36.5. The van der Waals surface area contributed by atoms with E-state index in [4.69, 9.17) is 11.5 Å². The highest BCUT2D eigenvalue weighted by Gasteiger charge is 2.25. The number of carbonyl (C=O) groups excluding carboxylic acids is 2. The van der Waals surface area contributed by atoms with E-state index in [1.807, 2.05) is 36.4 Å². The summed E-state index contributed by atoms with van der Waals surface area (Å²) in [4.78, 5) is 52.0. The van der Waals surface area contributed by atoms with E-state index in [1.54, 1.807) is 72.8 Å². The quantitative estimate of drug-likeness (QED) is 0.0818. The van der Waals surface area contributed by atoms with Crippen LogP contribution in [0.1, 0.15) is 34.8 Å². The molecule has 0 spiro atoms. The zero-order chi connectivity index (χ0) is 54.2. The Labute approximate surface area is 447 Å². The first-order valence-corrected chi connectivity index (χ1v) is 28.8. The standard InChI is InChI=1S/2C27H35N7O3S/c1-32(2)12-13-33-14-16-34(17-15-33)18-19-38(36,37)23-10-8-21(9-11-23)24-20-29-26(28)25(31-24)27(35)30-22-6-4-3-5-7-22;1-3-33(4-2)34-16-14-32(15-17-34)18-19-38(36,37)23-12-10-21(11-13-23)24-20-29-26(28)25(31-24)27(35)30-22-8-6-5-7-9-22/h3-11,20H,12-19H2,1-2H3,(H2,28,29)(H,30,35);5-13,20H,3-4,14-19H2,1-2H3,(H2,28,29)(H,30,35). The fraction of sp³-hybridized carbons (Fsp3) is 0.370. The highest BCUT2D eigenvalue weighted by molar-refractivity contribution is 7.91. The number of hydrogen-bond acceptors (Lipinski definition) is 18. The summed E-state index contributed by atoms with van der Waals surface area (Å²) in [6.45, 7) is 16.5. The molecule has 0 aliphatic carbocycles. The van der Waals surface area contributed by atoms with Crippen LogP contribution in [-0.4, -0.2) is 195 Å². The molecule has 2 aliphatic heterocycles. The van der Waals surface area contributed by atoms with E-state index in [9.17, 15) is 26.4 Å². The molecule has 20 nitrogen and oxygen atoms in total. The van der Waals surface area contributed by atoms with Crippen LogP contribution in [-0.2, 0) is 19.7 Å². The summed E-state index contributed by atoms with van der Waals surface area (Å²) in [5.74, 6) is -0.793. The number of aromatic nitrogens is 4. The van der Waals surface area contributed by atoms with Crippen molar-refractivity contribution in [3.63, 3.8) is 0 Å². The molecule has 0 bridgehead atoms. The number of nitrogen functional groups attached to an aromatic ring is 2. The van der Waals surface area contributed by atoms with Gasteiger partial charge in [-0.1, -0.05) is 74.5 Å². The molecule has 2 saturated heterocycles. The molecule has 76 heavy (non-hydrogen) atoms. The number of nitrogens with two attached hydrogens (primary N) is 2. The molecule has 2 fully saturated rings. The number of nitrogens with zero attached hydrogens (tertiary/aromatic N) is 10. The number of benzene rings is 4. The van der Waals surface area contributed by atoms with Crippen molar-refractivity contribution in [3.8, 4) is 22.5 Å². The molecule has 2 aromatic heterocycles. The minimum Gasteiger partial charge on any atom is -0.382 e. The van der Waals surface area contributed by atoms with Gasteiger partial charge >= 0.3 is 0 Å². The van der Waals surface area contributed by atoms with Gasteiger partial charge in [-0.3, -0.25) is 24.3 Å². The minimum absolute atomic E-state index is 0.00384. The van der Waals surface area contributed by atoms with Crippen LogP contribution in [0.5, 0.6) is 0 Å². The van der Waals surface area contributed by atoms with Crippen LogP contribution in [0.15, 0.2) is 131 Å². The van der Waals surface area contributed by atoms with Crippen molar-refractivity contribution < 1.29 is 26.4 Å². The van der Waals surface area contributed by atoms with E-state index >= 15 is 0 Å². The van der Waals surface area contributed by atoms with Gasteiger partial charge in [0.05, 0.1) is 45.1 Å². The third-order valence-corrected chi connectivity index (χ3v) is 16.7. The van der Waals surface area contributed by atoms with Gasteiger partial charge in [0.25, 0.3) is 11.8 Å². The zero-order valence-electron chi connectivity index (χ0n) is 43.8. The maximum absolute atomic E-state index is 13.0. The molecule has 2 amide bonds. The topological polar surface area (TPSA) is 250 Å². The van der Waals surface area contributed by atoms with Crippen LogP contribution < -0.4 is 22.1 Å². The first-order valence-electron chi connectivity index (χ1n) is 25.5. The molecule has 0 saturated carbocycles. The van der Waals surface area contributed by atoms with Crippen molar-refractivity contribution in [2.24, 2.45) is 0 Å². The predicted octanol–water partition coefficient (Wildman–Crippen LogP) is 4.56. The van der Waals surface area contributed by atoms with Crippen molar-refractivity contribution in [3.05, 3.63) is 133 Å². The van der Waals surface area contributed by atoms with E-state index in [2.05, 4.69) is 88.1 Å². The van der Waals surface area contributed by atoms with Crippen molar-refractivity contribution in [1.29, 1.82) is 0 Å². The van der Waals surface area contributed by atoms with Crippen LogP contribution in [0, 0.1) is 0 Å². The fourth-order valence-electron chi connectivity index (χ4n) is 8.68. The van der Waals surface area contributed by atoms with Crippen molar-refractivity contribution in [1.82, 2.24) is 49.6 Å². The number of rotatable bonds is 20. The van der Waals surface area contributed by atoms with Crippen LogP contribution in [0.2, 0.25) is 0 Å². The molecule has 0 unspecified atom stereocenters. The number of piperazine rings is 2. The van der Waals surface area contributed by atoms with Gasteiger partial charge in [0.15, 0.2) is 42.7 Å². The molecule has 2 aliphatic rings. The second kappa shape index (κ2) is 26.8. The monoisotopic (exact) mass is 1070 g/mol. The van der Waals surface area contributed by atoms with E-state index in [0.717, 1.165) is 78.5 Å². The molecular weight excluding hydrogens is 1000 g/mol. The maximum atomic E-state index is 13.0. The summed E-state index contributed by atoms with van der Waals surface area (Å²) >= 11 is 0. The highest BCUT2D eigenvalue weighted by Crippen LogP contribution is 2.24. The molecule has 8 rings (SSSR count). The molecule has 4 aromatic carbocycles. The fourth-order valence-corrected chi connectivity index (χ4v) is 11.2. The van der Waals surface area contributed by atoms with Gasteiger partial charge < -0.3 is 27.0 Å². The Bertz CT molecular complexity index is 3060. The lowest BCUT2D eigenvalue weighted by Gasteiger charge is -2.40. The smallest absolute Gasteiger partial charge is 0.278 e. The largest absolute Gasteiger partial charge is 0.382 e. The molecule has 6 N–H and O–H groups in total. The summed E-state index contributed by atoms with van der Waals surface area (Å²) in [7, 11) is -2.75. The van der Waals surface area contributed by atoms with Gasteiger partial charge in [-0.05, 0) is 62.6 Å². The Hall–Kier alpha value is -6.76. The molecule has 0 radical (unpaired) electrons. The second-order valence-corrected chi connectivity index (χ2v) is 22.9. The number of anilines is 4. The first kappa shape index (κ1) is 57.0. The zero-order valence-corrected chi connectivity index (χ0v) is 45.4. The number of sulfone groups is 2. The number of carbonyl (C=O) groups is 2. The van der Waals surface area contributed by atoms with Crippen LogP contribution >= 0.6 is 0 Å². The summed E-state index contributed by atoms with van der Waals surface area (Å²) in [5, 5.41) is 10.2. The van der Waals surface area contributed by atoms with E-state index < -0.39 is 31.5 Å². The van der Waals surface area contributed by atoms with Crippen LogP contribution in [0.25, 0.3) is 22.5 Å². The van der Waals surface area contributed by atoms with E-state index in [1.165, 1.54) is 12.4 Å². The Balaban J connectivity index is 0.000000221. The number of para-hydroxylation sites is 2. The molecule has 4 heterocycles. The Morgan fingerprint density at radius 1 is 0.539 bits per heavy atom. The molecular formula is C54H70N14O6S2. The van der Waals surface area contributed by atoms with E-state index in [-0.39, 0.29) is 44.3 Å². The SMILES string of the molecule is CCN(CC)N1CCN(CCS(=O)(=O)c2ccc(-c3cnc(N)c(C(=O)Nc4ccccc4)n3)cc2)CC1.CN(C)CCN1CCN(CCS(=O)(=O)c2ccc(-c3cnc(N)c(C(=O)Nc4ccccc4)n3)cc2)CC1. The molecule has 0 atom stereocenters.